The average molecular weight is 392 g/mol. The van der Waals surface area contributed by atoms with Crippen LogP contribution in [0.1, 0.15) is 6.92 Å². The summed E-state index contributed by atoms with van der Waals surface area (Å²) in [5, 5.41) is 12.5. The maximum absolute atomic E-state index is 12.1. The minimum atomic E-state index is -3.59. The molecule has 0 spiro atoms. The number of nitrogens with zero attached hydrogens (tertiary/aromatic N) is 5. The van der Waals surface area contributed by atoms with Gasteiger partial charge >= 0.3 is 0 Å². The van der Waals surface area contributed by atoms with Crippen molar-refractivity contribution >= 4 is 16.0 Å². The predicted molar refractivity (Wildman–Crippen MR) is 99.7 cm³/mol. The van der Waals surface area contributed by atoms with E-state index in [4.69, 9.17) is 9.47 Å². The smallest absolute Gasteiger partial charge is 0.243 e. The van der Waals surface area contributed by atoms with E-state index in [1.807, 2.05) is 0 Å². The third-order valence-corrected chi connectivity index (χ3v) is 5.11. The van der Waals surface area contributed by atoms with Gasteiger partial charge in [-0.05, 0) is 25.1 Å². The molecular formula is C16H20N6O4S. The summed E-state index contributed by atoms with van der Waals surface area (Å²) in [6.07, 6.45) is 1.75. The van der Waals surface area contributed by atoms with Crippen molar-refractivity contribution in [2.75, 3.05) is 24.7 Å². The number of hydrogen-bond donors (Lipinski definition) is 1. The molecule has 0 fully saturated rings. The predicted octanol–water partition coefficient (Wildman–Crippen LogP) is 1.45. The normalized spacial score (nSPS) is 11.4. The zero-order valence-electron chi connectivity index (χ0n) is 15.4. The van der Waals surface area contributed by atoms with Gasteiger partial charge in [-0.2, -0.15) is 5.10 Å². The highest BCUT2D eigenvalue weighted by Gasteiger charge is 2.25. The Balaban J connectivity index is 2.31. The minimum absolute atomic E-state index is 0.0142. The van der Waals surface area contributed by atoms with E-state index in [0.29, 0.717) is 28.7 Å². The van der Waals surface area contributed by atoms with Crippen LogP contribution in [0.15, 0.2) is 30.5 Å². The van der Waals surface area contributed by atoms with E-state index < -0.39 is 10.0 Å². The molecule has 3 rings (SSSR count). The van der Waals surface area contributed by atoms with Crippen LogP contribution < -0.4 is 14.2 Å². The lowest BCUT2D eigenvalue weighted by Gasteiger charge is -2.17. The summed E-state index contributed by atoms with van der Waals surface area (Å²) in [7, 11) is 1.21. The molecule has 0 bridgehead atoms. The third kappa shape index (κ3) is 3.58. The van der Waals surface area contributed by atoms with Crippen molar-refractivity contribution in [3.8, 4) is 28.7 Å². The summed E-state index contributed by atoms with van der Waals surface area (Å²) in [4.78, 5) is 0. The molecule has 0 atom stereocenters. The molecule has 0 amide bonds. The second-order valence-corrected chi connectivity index (χ2v) is 7.58. The average Bonchev–Trinajstić information content (AvgIpc) is 3.26. The molecule has 0 unspecified atom stereocenters. The molecule has 1 N–H and O–H groups in total. The van der Waals surface area contributed by atoms with E-state index in [9.17, 15) is 8.42 Å². The van der Waals surface area contributed by atoms with Gasteiger partial charge in [-0.3, -0.25) is 14.0 Å². The highest BCUT2D eigenvalue weighted by Crippen LogP contribution is 2.37. The maximum Gasteiger partial charge on any atom is 0.243 e. The Labute approximate surface area is 156 Å². The lowest BCUT2D eigenvalue weighted by atomic mass is 10.2. The van der Waals surface area contributed by atoms with Crippen LogP contribution in [0.2, 0.25) is 0 Å². The fraction of sp³-hybridized carbons (Fsp3) is 0.312. The number of aryl methyl sites for hydroxylation is 1. The SMILES string of the molecule is CCS(=O)(=O)Nc1nnc(-c2ccn(C)n2)n1-c1c(OC)cccc1OC. The zero-order chi connectivity index (χ0) is 19.6. The molecule has 0 aliphatic heterocycles. The van der Waals surface area contributed by atoms with Crippen molar-refractivity contribution in [1.29, 1.82) is 0 Å². The van der Waals surface area contributed by atoms with Crippen LogP contribution in [0.4, 0.5) is 5.95 Å². The first kappa shape index (κ1) is 18.7. The van der Waals surface area contributed by atoms with Crippen molar-refractivity contribution in [3.05, 3.63) is 30.5 Å². The Hall–Kier alpha value is -3.08. The van der Waals surface area contributed by atoms with E-state index in [1.165, 1.54) is 25.7 Å². The molecule has 144 valence electrons. The summed E-state index contributed by atoms with van der Waals surface area (Å²) in [6, 6.07) is 6.98. The van der Waals surface area contributed by atoms with Crippen LogP contribution in [-0.4, -0.2) is 52.9 Å². The van der Waals surface area contributed by atoms with Crippen LogP contribution in [0.5, 0.6) is 11.5 Å². The van der Waals surface area contributed by atoms with Gasteiger partial charge in [0.25, 0.3) is 0 Å². The van der Waals surface area contributed by atoms with Crippen molar-refractivity contribution < 1.29 is 17.9 Å². The molecule has 0 saturated heterocycles. The highest BCUT2D eigenvalue weighted by molar-refractivity contribution is 7.92. The largest absolute Gasteiger partial charge is 0.494 e. The fourth-order valence-electron chi connectivity index (χ4n) is 2.53. The molecule has 3 aromatic rings. The summed E-state index contributed by atoms with van der Waals surface area (Å²) >= 11 is 0. The van der Waals surface area contributed by atoms with Gasteiger partial charge in [0.15, 0.2) is 5.82 Å². The first-order chi connectivity index (χ1) is 12.9. The fourth-order valence-corrected chi connectivity index (χ4v) is 3.08. The molecule has 27 heavy (non-hydrogen) atoms. The molecule has 10 nitrogen and oxygen atoms in total. The van der Waals surface area contributed by atoms with Gasteiger partial charge in [-0.15, -0.1) is 10.2 Å². The standard InChI is InChI=1S/C16H20N6O4S/c1-5-27(23,24)20-16-18-17-15(11-9-10-21(2)19-11)22(16)14-12(25-3)7-6-8-13(14)26-4/h6-10H,5H2,1-4H3,(H,18,20). The number of hydrogen-bond acceptors (Lipinski definition) is 7. The summed E-state index contributed by atoms with van der Waals surface area (Å²) in [5.74, 6) is 1.17. The van der Waals surface area contributed by atoms with E-state index in [-0.39, 0.29) is 11.7 Å². The van der Waals surface area contributed by atoms with Gasteiger partial charge < -0.3 is 9.47 Å². The van der Waals surface area contributed by atoms with Gasteiger partial charge in [0.05, 0.1) is 20.0 Å². The van der Waals surface area contributed by atoms with Crippen LogP contribution in [0.3, 0.4) is 0 Å². The van der Waals surface area contributed by atoms with Gasteiger partial charge in [-0.25, -0.2) is 8.42 Å². The number of para-hydroxylation sites is 1. The highest BCUT2D eigenvalue weighted by atomic mass is 32.2. The molecule has 0 aliphatic carbocycles. The number of anilines is 1. The Morgan fingerprint density at radius 2 is 1.78 bits per heavy atom. The quantitative estimate of drug-likeness (QED) is 0.647. The maximum atomic E-state index is 12.1. The van der Waals surface area contributed by atoms with Crippen LogP contribution >= 0.6 is 0 Å². The lowest BCUT2D eigenvalue weighted by molar-refractivity contribution is 0.391. The van der Waals surface area contributed by atoms with E-state index in [2.05, 4.69) is 20.0 Å². The van der Waals surface area contributed by atoms with Crippen molar-refractivity contribution in [2.24, 2.45) is 7.05 Å². The zero-order valence-corrected chi connectivity index (χ0v) is 16.2. The number of aromatic nitrogens is 5. The third-order valence-electron chi connectivity index (χ3n) is 3.86. The number of sulfonamides is 1. The monoisotopic (exact) mass is 392 g/mol. The Bertz CT molecular complexity index is 1030. The molecule has 2 heterocycles. The van der Waals surface area contributed by atoms with Crippen molar-refractivity contribution in [1.82, 2.24) is 24.5 Å². The van der Waals surface area contributed by atoms with Crippen LogP contribution in [0.25, 0.3) is 17.2 Å². The lowest BCUT2D eigenvalue weighted by Crippen LogP contribution is -2.18. The summed E-state index contributed by atoms with van der Waals surface area (Å²) in [6.45, 7) is 1.53. The Morgan fingerprint density at radius 3 is 2.30 bits per heavy atom. The number of nitrogens with one attached hydrogen (secondary N) is 1. The molecule has 2 aromatic heterocycles. The van der Waals surface area contributed by atoms with E-state index >= 15 is 0 Å². The number of ether oxygens (including phenoxy) is 2. The first-order valence-electron chi connectivity index (χ1n) is 8.07. The van der Waals surface area contributed by atoms with Gasteiger partial charge in [0, 0.05) is 13.2 Å². The van der Waals surface area contributed by atoms with Gasteiger partial charge in [0.2, 0.25) is 16.0 Å². The molecular weight excluding hydrogens is 372 g/mol. The van der Waals surface area contributed by atoms with Gasteiger partial charge in [0.1, 0.15) is 22.9 Å². The molecule has 0 saturated carbocycles. The number of methoxy groups -OCH3 is 2. The second-order valence-electron chi connectivity index (χ2n) is 5.57. The number of benzene rings is 1. The number of rotatable bonds is 7. The van der Waals surface area contributed by atoms with Crippen LogP contribution in [-0.2, 0) is 17.1 Å². The minimum Gasteiger partial charge on any atom is -0.494 e. The summed E-state index contributed by atoms with van der Waals surface area (Å²) < 4.78 is 40.8. The Morgan fingerprint density at radius 1 is 1.11 bits per heavy atom. The van der Waals surface area contributed by atoms with Crippen molar-refractivity contribution in [2.45, 2.75) is 6.92 Å². The molecule has 0 aliphatic rings. The Kier molecular flexibility index (Phi) is 5.04. The topological polar surface area (TPSA) is 113 Å². The van der Waals surface area contributed by atoms with E-state index in [0.717, 1.165) is 0 Å². The van der Waals surface area contributed by atoms with E-state index in [1.54, 1.807) is 42.2 Å². The molecule has 0 radical (unpaired) electrons. The molecule has 11 heteroatoms. The summed E-state index contributed by atoms with van der Waals surface area (Å²) in [5.41, 5.74) is 0.974. The first-order valence-corrected chi connectivity index (χ1v) is 9.72. The van der Waals surface area contributed by atoms with Crippen molar-refractivity contribution in [3.63, 3.8) is 0 Å². The van der Waals surface area contributed by atoms with Crippen LogP contribution in [0, 0.1) is 0 Å². The molecule has 1 aromatic carbocycles. The second kappa shape index (κ2) is 7.27. The van der Waals surface area contributed by atoms with Gasteiger partial charge in [-0.1, -0.05) is 6.07 Å².